The van der Waals surface area contributed by atoms with Crippen LogP contribution < -0.4 is 4.90 Å². The number of aromatic nitrogens is 2. The number of nitrogens with zero attached hydrogens (tertiary/aromatic N) is 4. The zero-order valence-corrected chi connectivity index (χ0v) is 11.9. The fraction of sp³-hybridized carbons (Fsp3) is 0.533. The molecule has 0 unspecified atom stereocenters. The van der Waals surface area contributed by atoms with E-state index in [0.29, 0.717) is 17.9 Å². The van der Waals surface area contributed by atoms with E-state index in [9.17, 15) is 5.26 Å². The lowest BCUT2D eigenvalue weighted by atomic mass is 10.0. The Morgan fingerprint density at radius 3 is 2.42 bits per heavy atom. The van der Waals surface area contributed by atoms with Gasteiger partial charge in [-0.15, -0.1) is 11.5 Å². The smallest absolute Gasteiger partial charge is 0.170 e. The number of aryl methyl sites for hydroxylation is 1. The summed E-state index contributed by atoms with van der Waals surface area (Å²) in [4.78, 5) is 1.95. The molecule has 0 saturated carbocycles. The topological polar surface area (TPSA) is 52.8 Å². The Hall–Kier alpha value is -2.07. The first-order valence-corrected chi connectivity index (χ1v) is 6.70. The molecule has 0 amide bonds. The van der Waals surface area contributed by atoms with E-state index < -0.39 is 0 Å². The molecular weight excluding hydrogens is 236 g/mol. The number of rotatable bonds is 6. The third-order valence-corrected chi connectivity index (χ3v) is 3.01. The molecule has 0 N–H and O–H groups in total. The van der Waals surface area contributed by atoms with Crippen molar-refractivity contribution in [1.82, 2.24) is 10.2 Å². The molecule has 0 fully saturated rings. The number of terminal acetylenes is 1. The summed E-state index contributed by atoms with van der Waals surface area (Å²) in [5, 5.41) is 17.9. The standard InChI is InChI=1S/C15H20N4/c1-5-9-19(10-6-2)15-13(11-16)12(7-3)14(8-4)17-18-15/h1H,6-10H2,2-4H3. The highest BCUT2D eigenvalue weighted by Crippen LogP contribution is 2.23. The third-order valence-electron chi connectivity index (χ3n) is 3.01. The predicted octanol–water partition coefficient (Wildman–Crippen LogP) is 2.32. The van der Waals surface area contributed by atoms with E-state index in [-0.39, 0.29) is 0 Å². The van der Waals surface area contributed by atoms with Crippen LogP contribution in [0.3, 0.4) is 0 Å². The minimum absolute atomic E-state index is 0.450. The minimum atomic E-state index is 0.450. The molecule has 1 rings (SSSR count). The van der Waals surface area contributed by atoms with Crippen LogP contribution in [0, 0.1) is 23.7 Å². The maximum atomic E-state index is 9.44. The van der Waals surface area contributed by atoms with Gasteiger partial charge in [-0.3, -0.25) is 0 Å². The molecule has 4 heteroatoms. The van der Waals surface area contributed by atoms with Crippen LogP contribution in [0.25, 0.3) is 0 Å². The van der Waals surface area contributed by atoms with Gasteiger partial charge < -0.3 is 4.90 Å². The van der Waals surface area contributed by atoms with Crippen molar-refractivity contribution in [3.63, 3.8) is 0 Å². The normalized spacial score (nSPS) is 9.74. The number of nitriles is 1. The lowest BCUT2D eigenvalue weighted by Crippen LogP contribution is -2.27. The monoisotopic (exact) mass is 256 g/mol. The molecule has 0 aliphatic rings. The van der Waals surface area contributed by atoms with E-state index in [1.807, 2.05) is 18.7 Å². The number of anilines is 1. The molecular formula is C15H20N4. The van der Waals surface area contributed by atoms with E-state index in [1.54, 1.807) is 0 Å². The van der Waals surface area contributed by atoms with Crippen molar-refractivity contribution in [1.29, 1.82) is 5.26 Å². The molecule has 0 aromatic carbocycles. The SMILES string of the molecule is C#CCN(CCC)c1nnc(CC)c(CC)c1C#N. The number of hydrogen-bond donors (Lipinski definition) is 0. The second-order valence-corrected chi connectivity index (χ2v) is 4.27. The van der Waals surface area contributed by atoms with Crippen molar-refractivity contribution >= 4 is 5.82 Å². The fourth-order valence-corrected chi connectivity index (χ4v) is 2.14. The molecule has 19 heavy (non-hydrogen) atoms. The van der Waals surface area contributed by atoms with Crippen LogP contribution in [0.2, 0.25) is 0 Å². The van der Waals surface area contributed by atoms with Crippen molar-refractivity contribution < 1.29 is 0 Å². The molecule has 0 spiro atoms. The van der Waals surface area contributed by atoms with Crippen molar-refractivity contribution in [3.8, 4) is 18.4 Å². The van der Waals surface area contributed by atoms with Crippen LogP contribution in [0.15, 0.2) is 0 Å². The first kappa shape index (κ1) is 15.0. The van der Waals surface area contributed by atoms with Gasteiger partial charge in [-0.25, -0.2) is 0 Å². The van der Waals surface area contributed by atoms with Gasteiger partial charge in [-0.05, 0) is 24.8 Å². The molecule has 0 aliphatic heterocycles. The summed E-state index contributed by atoms with van der Waals surface area (Å²) < 4.78 is 0. The highest BCUT2D eigenvalue weighted by atomic mass is 15.3. The van der Waals surface area contributed by atoms with E-state index in [4.69, 9.17) is 6.42 Å². The summed E-state index contributed by atoms with van der Waals surface area (Å²) >= 11 is 0. The average Bonchev–Trinajstić information content (AvgIpc) is 2.45. The molecule has 1 heterocycles. The van der Waals surface area contributed by atoms with Crippen LogP contribution >= 0.6 is 0 Å². The molecule has 0 aliphatic carbocycles. The molecule has 0 bridgehead atoms. The highest BCUT2D eigenvalue weighted by molar-refractivity contribution is 5.58. The first-order chi connectivity index (χ1) is 9.23. The Morgan fingerprint density at radius 1 is 1.21 bits per heavy atom. The minimum Gasteiger partial charge on any atom is -0.343 e. The van der Waals surface area contributed by atoms with Gasteiger partial charge in [0.15, 0.2) is 5.82 Å². The molecule has 1 aromatic heterocycles. The summed E-state index contributed by atoms with van der Waals surface area (Å²) in [7, 11) is 0. The van der Waals surface area contributed by atoms with Gasteiger partial charge in [0.2, 0.25) is 0 Å². The van der Waals surface area contributed by atoms with Crippen molar-refractivity contribution in [2.75, 3.05) is 18.0 Å². The summed E-state index contributed by atoms with van der Waals surface area (Å²) in [6, 6.07) is 2.27. The van der Waals surface area contributed by atoms with Gasteiger partial charge in [0.05, 0.1) is 12.2 Å². The van der Waals surface area contributed by atoms with Crippen molar-refractivity contribution in [2.45, 2.75) is 40.0 Å². The lowest BCUT2D eigenvalue weighted by molar-refractivity contribution is 0.775. The van der Waals surface area contributed by atoms with Crippen LogP contribution in [0.5, 0.6) is 0 Å². The molecule has 0 saturated heterocycles. The van der Waals surface area contributed by atoms with Gasteiger partial charge in [0.1, 0.15) is 11.6 Å². The summed E-state index contributed by atoms with van der Waals surface area (Å²) in [6.45, 7) is 7.36. The molecule has 4 nitrogen and oxygen atoms in total. The van der Waals surface area contributed by atoms with Crippen LogP contribution in [0.4, 0.5) is 5.82 Å². The van der Waals surface area contributed by atoms with E-state index in [2.05, 4.69) is 29.1 Å². The Labute approximate surface area is 115 Å². The number of hydrogen-bond acceptors (Lipinski definition) is 4. The van der Waals surface area contributed by atoms with Crippen LogP contribution in [-0.2, 0) is 12.8 Å². The maximum Gasteiger partial charge on any atom is 0.170 e. The molecule has 100 valence electrons. The fourth-order valence-electron chi connectivity index (χ4n) is 2.14. The van der Waals surface area contributed by atoms with Gasteiger partial charge in [-0.2, -0.15) is 10.4 Å². The predicted molar refractivity (Wildman–Crippen MR) is 76.8 cm³/mol. The van der Waals surface area contributed by atoms with Gasteiger partial charge in [0.25, 0.3) is 0 Å². The maximum absolute atomic E-state index is 9.44. The van der Waals surface area contributed by atoms with E-state index in [0.717, 1.165) is 37.1 Å². The second kappa shape index (κ2) is 7.38. The van der Waals surface area contributed by atoms with Gasteiger partial charge >= 0.3 is 0 Å². The first-order valence-electron chi connectivity index (χ1n) is 6.70. The Kier molecular flexibility index (Phi) is 5.82. The van der Waals surface area contributed by atoms with E-state index in [1.165, 1.54) is 0 Å². The largest absolute Gasteiger partial charge is 0.343 e. The van der Waals surface area contributed by atoms with Crippen LogP contribution in [-0.4, -0.2) is 23.3 Å². The Morgan fingerprint density at radius 2 is 1.95 bits per heavy atom. The highest BCUT2D eigenvalue weighted by Gasteiger charge is 2.18. The second-order valence-electron chi connectivity index (χ2n) is 4.27. The van der Waals surface area contributed by atoms with E-state index >= 15 is 0 Å². The summed E-state index contributed by atoms with van der Waals surface area (Å²) in [5.41, 5.74) is 2.52. The third kappa shape index (κ3) is 3.23. The van der Waals surface area contributed by atoms with Gasteiger partial charge in [-0.1, -0.05) is 26.7 Å². The molecule has 0 radical (unpaired) electrons. The summed E-state index contributed by atoms with van der Waals surface area (Å²) in [5.74, 6) is 3.24. The Balaban J connectivity index is 3.35. The zero-order valence-electron chi connectivity index (χ0n) is 11.9. The zero-order chi connectivity index (χ0) is 14.3. The van der Waals surface area contributed by atoms with Crippen molar-refractivity contribution in [3.05, 3.63) is 16.8 Å². The van der Waals surface area contributed by atoms with Crippen LogP contribution in [0.1, 0.15) is 44.0 Å². The van der Waals surface area contributed by atoms with Gasteiger partial charge in [0, 0.05) is 6.54 Å². The lowest BCUT2D eigenvalue weighted by Gasteiger charge is -2.22. The molecule has 0 atom stereocenters. The average molecular weight is 256 g/mol. The summed E-state index contributed by atoms with van der Waals surface area (Å²) in [6.07, 6.45) is 7.91. The van der Waals surface area contributed by atoms with Crippen molar-refractivity contribution in [2.24, 2.45) is 0 Å². The molecule has 1 aromatic rings. The quantitative estimate of drug-likeness (QED) is 0.733. The Bertz CT molecular complexity index is 508.